The molecule has 22 rings (SSSR count). The molecule has 0 bridgehead atoms. The summed E-state index contributed by atoms with van der Waals surface area (Å²) in [5, 5.41) is 19.4. The Bertz CT molecular complexity index is 5900. The van der Waals surface area contributed by atoms with Crippen molar-refractivity contribution < 1.29 is 0 Å². The predicted molar refractivity (Wildman–Crippen MR) is 436 cm³/mol. The maximum Gasteiger partial charge on any atom is 0.180 e. The Morgan fingerprint density at radius 2 is 0.262 bits per heavy atom. The van der Waals surface area contributed by atoms with E-state index in [1.54, 1.807) is 0 Å². The zero-order valence-corrected chi connectivity index (χ0v) is 57.0. The molecule has 6 aromatic heterocycles. The molecule has 0 N–H and O–H groups in total. The number of aromatic nitrogens is 6. The highest BCUT2D eigenvalue weighted by molar-refractivity contribution is 7.20. The first-order valence-electron chi connectivity index (χ1n) is 35.6. The molecule has 0 atom stereocenters. The van der Waals surface area contributed by atoms with Crippen LogP contribution in [-0.2, 0) is 0 Å². The van der Waals surface area contributed by atoms with Gasteiger partial charge in [-0.05, 0) is 148 Å². The standard InChI is InChI=1S/C96H62N6Si/c1-2-28-69(29-3-1)103(70-57-63(97-85-42-16-4-30-73(85)74-31-5-17-43-86(74)97)54-64(58-70)98-87-44-18-6-32-75(87)76-33-7-19-45-88(76)98,71-59-65(99-89-46-20-8-34-77(89)78-35-9-21-47-90(78)99)55-66(60-71)100-91-48-22-10-36-79(91)80-37-11-23-49-92(80)100)72-61-67(101-93-50-24-12-38-81(93)82-39-13-25-51-94(82)101)56-68(62-72)102-95-52-26-14-40-83(95)84-41-15-27-53-96(84)102/h1-62H. The Morgan fingerprint density at radius 1 is 0.126 bits per heavy atom. The molecular weight excluding hydrogens is 1270 g/mol. The summed E-state index contributed by atoms with van der Waals surface area (Å²) in [5.41, 5.74) is 20.1. The molecule has 6 heterocycles. The fourth-order valence-electron chi connectivity index (χ4n) is 18.1. The van der Waals surface area contributed by atoms with Gasteiger partial charge in [-0.25, -0.2) is 0 Å². The molecule has 0 aliphatic carbocycles. The van der Waals surface area contributed by atoms with Crippen molar-refractivity contribution in [2.75, 3.05) is 0 Å². The molecule has 0 saturated carbocycles. The minimum atomic E-state index is -4.05. The number of nitrogens with zero attached hydrogens (tertiary/aromatic N) is 6. The highest BCUT2D eigenvalue weighted by Gasteiger charge is 2.44. The van der Waals surface area contributed by atoms with Crippen molar-refractivity contribution in [2.45, 2.75) is 0 Å². The van der Waals surface area contributed by atoms with Crippen LogP contribution in [0.2, 0.25) is 0 Å². The van der Waals surface area contributed by atoms with Crippen LogP contribution in [0, 0.1) is 0 Å². The lowest BCUT2D eigenvalue weighted by molar-refractivity contribution is 1.13. The van der Waals surface area contributed by atoms with Crippen LogP contribution in [0.15, 0.2) is 376 Å². The number of rotatable bonds is 10. The van der Waals surface area contributed by atoms with Crippen LogP contribution in [0.25, 0.3) is 165 Å². The van der Waals surface area contributed by atoms with Gasteiger partial charge < -0.3 is 27.4 Å². The average Bonchev–Trinajstić information content (AvgIpc) is 1.65. The molecule has 0 amide bonds. The zero-order valence-electron chi connectivity index (χ0n) is 56.0. The van der Waals surface area contributed by atoms with Crippen LogP contribution >= 0.6 is 0 Å². The summed E-state index contributed by atoms with van der Waals surface area (Å²) in [6, 6.07) is 143. The monoisotopic (exact) mass is 1330 g/mol. The smallest absolute Gasteiger partial charge is 0.180 e. The number of hydrogen-bond acceptors (Lipinski definition) is 0. The van der Waals surface area contributed by atoms with Crippen LogP contribution in [0.4, 0.5) is 0 Å². The van der Waals surface area contributed by atoms with Gasteiger partial charge in [0.2, 0.25) is 0 Å². The van der Waals surface area contributed by atoms with Gasteiger partial charge in [-0.2, -0.15) is 0 Å². The Kier molecular flexibility index (Phi) is 12.4. The van der Waals surface area contributed by atoms with Crippen LogP contribution in [0.1, 0.15) is 0 Å². The largest absolute Gasteiger partial charge is 0.309 e. The molecule has 0 aliphatic rings. The molecule has 22 aromatic rings. The van der Waals surface area contributed by atoms with E-state index >= 15 is 0 Å². The summed E-state index contributed by atoms with van der Waals surface area (Å²) in [5.74, 6) is 0. The SMILES string of the molecule is c1ccc([Si](c2cc(-n3c4ccccc4c4ccccc43)cc(-n3c4ccccc4c4ccccc43)c2)(c2cc(-n3c4ccccc4c4ccccc43)cc(-n3c4ccccc4c4ccccc43)c2)c2cc(-n3c4ccccc4c4ccccc43)cc(-n3c4ccccc4c4ccccc43)c2)cc1. The van der Waals surface area contributed by atoms with E-state index in [4.69, 9.17) is 0 Å². The Morgan fingerprint density at radius 3 is 0.417 bits per heavy atom. The third kappa shape index (κ3) is 8.31. The van der Waals surface area contributed by atoms with Gasteiger partial charge in [0.25, 0.3) is 0 Å². The van der Waals surface area contributed by atoms with Crippen molar-refractivity contribution >= 4 is 160 Å². The number of fused-ring (bicyclic) bond motifs is 18. The van der Waals surface area contributed by atoms with Gasteiger partial charge in [0.15, 0.2) is 8.07 Å². The summed E-state index contributed by atoms with van der Waals surface area (Å²) in [6.45, 7) is 0. The van der Waals surface area contributed by atoms with Gasteiger partial charge in [0.1, 0.15) is 0 Å². The second-order valence-corrected chi connectivity index (χ2v) is 31.4. The van der Waals surface area contributed by atoms with Gasteiger partial charge in [0.05, 0.1) is 66.2 Å². The van der Waals surface area contributed by atoms with Gasteiger partial charge in [0, 0.05) is 98.8 Å². The van der Waals surface area contributed by atoms with E-state index in [-0.39, 0.29) is 0 Å². The van der Waals surface area contributed by atoms with E-state index < -0.39 is 8.07 Å². The first-order chi connectivity index (χ1) is 51.1. The maximum absolute atomic E-state index is 4.05. The molecule has 6 nitrogen and oxygen atoms in total. The highest BCUT2D eigenvalue weighted by atomic mass is 28.3. The summed E-state index contributed by atoms with van der Waals surface area (Å²) in [7, 11) is -4.05. The van der Waals surface area contributed by atoms with Crippen molar-refractivity contribution in [3.05, 3.63) is 376 Å². The van der Waals surface area contributed by atoms with E-state index in [0.29, 0.717) is 0 Å². The molecule has 480 valence electrons. The Labute approximate surface area is 593 Å². The molecule has 0 unspecified atom stereocenters. The van der Waals surface area contributed by atoms with Crippen molar-refractivity contribution in [1.82, 2.24) is 27.4 Å². The summed E-state index contributed by atoms with van der Waals surface area (Å²) in [6.07, 6.45) is 0. The third-order valence-electron chi connectivity index (χ3n) is 22.2. The molecule has 0 aliphatic heterocycles. The van der Waals surface area contributed by atoms with Gasteiger partial charge in [-0.1, -0.05) is 249 Å². The van der Waals surface area contributed by atoms with E-state index in [2.05, 4.69) is 404 Å². The first-order valence-corrected chi connectivity index (χ1v) is 37.6. The average molecular weight is 1330 g/mol. The second kappa shape index (κ2) is 22.3. The minimum absolute atomic E-state index is 1.07. The highest BCUT2D eigenvalue weighted by Crippen LogP contribution is 2.42. The lowest BCUT2D eigenvalue weighted by Gasteiger charge is -2.37. The topological polar surface area (TPSA) is 29.6 Å². The molecule has 16 aromatic carbocycles. The normalized spacial score (nSPS) is 12.3. The lowest BCUT2D eigenvalue weighted by atomic mass is 10.2. The summed E-state index contributed by atoms with van der Waals surface area (Å²) >= 11 is 0. The number of para-hydroxylation sites is 12. The molecule has 0 fully saturated rings. The van der Waals surface area contributed by atoms with Crippen molar-refractivity contribution in [1.29, 1.82) is 0 Å². The van der Waals surface area contributed by atoms with E-state index in [9.17, 15) is 0 Å². The zero-order chi connectivity index (χ0) is 67.4. The van der Waals surface area contributed by atoms with Crippen molar-refractivity contribution in [3.8, 4) is 34.1 Å². The van der Waals surface area contributed by atoms with E-state index in [0.717, 1.165) is 100 Å². The minimum Gasteiger partial charge on any atom is -0.309 e. The third-order valence-corrected chi connectivity index (χ3v) is 26.9. The molecule has 0 radical (unpaired) electrons. The molecule has 0 saturated heterocycles. The quantitative estimate of drug-likeness (QED) is 0.0965. The fraction of sp³-hybridized carbons (Fsp3) is 0. The van der Waals surface area contributed by atoms with Crippen LogP contribution in [0.5, 0.6) is 0 Å². The van der Waals surface area contributed by atoms with Gasteiger partial charge in [-0.15, -0.1) is 0 Å². The molecule has 0 spiro atoms. The Balaban J connectivity index is 0.988. The second-order valence-electron chi connectivity index (χ2n) is 27.5. The van der Waals surface area contributed by atoms with Crippen LogP contribution < -0.4 is 20.7 Å². The first kappa shape index (κ1) is 57.4. The van der Waals surface area contributed by atoms with E-state index in [1.165, 1.54) is 85.4 Å². The molecule has 103 heavy (non-hydrogen) atoms. The number of hydrogen-bond donors (Lipinski definition) is 0. The van der Waals surface area contributed by atoms with Crippen molar-refractivity contribution in [2.24, 2.45) is 0 Å². The fourth-order valence-corrected chi connectivity index (χ4v) is 23.0. The van der Waals surface area contributed by atoms with Gasteiger partial charge in [-0.3, -0.25) is 0 Å². The molecule has 7 heteroatoms. The number of benzene rings is 16. The summed E-state index contributed by atoms with van der Waals surface area (Å²) < 4.78 is 15.3. The maximum atomic E-state index is 2.61. The lowest BCUT2D eigenvalue weighted by Crippen LogP contribution is -2.75. The summed E-state index contributed by atoms with van der Waals surface area (Å²) in [4.78, 5) is 0. The van der Waals surface area contributed by atoms with Crippen molar-refractivity contribution in [3.63, 3.8) is 0 Å². The predicted octanol–water partition coefficient (Wildman–Crippen LogP) is 21.6. The Hall–Kier alpha value is -13.5. The molecular formula is C96H62N6Si. The van der Waals surface area contributed by atoms with Gasteiger partial charge >= 0.3 is 0 Å². The van der Waals surface area contributed by atoms with Crippen LogP contribution in [-0.4, -0.2) is 35.5 Å². The van der Waals surface area contributed by atoms with Crippen LogP contribution in [0.3, 0.4) is 0 Å². The van der Waals surface area contributed by atoms with E-state index in [1.807, 2.05) is 0 Å².